The molecule has 158 valence electrons. The van der Waals surface area contributed by atoms with E-state index in [2.05, 4.69) is 54.7 Å². The van der Waals surface area contributed by atoms with Crippen molar-refractivity contribution in [3.05, 3.63) is 94.5 Å². The minimum atomic E-state index is 0.432. The van der Waals surface area contributed by atoms with Crippen LogP contribution in [0.25, 0.3) is 0 Å². The van der Waals surface area contributed by atoms with Crippen LogP contribution < -0.4 is 14.8 Å². The molecule has 0 saturated carbocycles. The number of hydrogen-bond acceptors (Lipinski definition) is 3. The number of benzene rings is 3. The van der Waals surface area contributed by atoms with Gasteiger partial charge >= 0.3 is 0 Å². The van der Waals surface area contributed by atoms with Crippen LogP contribution in [0.15, 0.2) is 72.8 Å². The molecule has 0 aliphatic heterocycles. The Hall–Kier alpha value is -2.49. The zero-order valence-corrected chi connectivity index (χ0v) is 18.5. The van der Waals surface area contributed by atoms with E-state index in [0.717, 1.165) is 41.5 Å². The van der Waals surface area contributed by atoms with Crippen molar-refractivity contribution in [2.75, 3.05) is 6.61 Å². The fourth-order valence-electron chi connectivity index (χ4n) is 3.21. The van der Waals surface area contributed by atoms with Gasteiger partial charge in [0.2, 0.25) is 0 Å². The van der Waals surface area contributed by atoms with Gasteiger partial charge < -0.3 is 14.8 Å². The van der Waals surface area contributed by atoms with Gasteiger partial charge in [-0.15, -0.1) is 0 Å². The number of rotatable bonds is 11. The molecule has 4 heteroatoms. The van der Waals surface area contributed by atoms with Gasteiger partial charge in [0.25, 0.3) is 0 Å². The first kappa shape index (κ1) is 22.2. The first-order valence-electron chi connectivity index (χ1n) is 10.5. The molecule has 3 nitrogen and oxygen atoms in total. The molecule has 0 heterocycles. The second-order valence-corrected chi connectivity index (χ2v) is 7.87. The Morgan fingerprint density at radius 1 is 0.833 bits per heavy atom. The largest absolute Gasteiger partial charge is 0.490 e. The molecule has 0 spiro atoms. The third-order valence-electron chi connectivity index (χ3n) is 4.98. The molecule has 3 aromatic rings. The van der Waals surface area contributed by atoms with Gasteiger partial charge in [0, 0.05) is 17.6 Å². The summed E-state index contributed by atoms with van der Waals surface area (Å²) in [4.78, 5) is 0. The molecule has 3 aromatic carbocycles. The Morgan fingerprint density at radius 2 is 1.57 bits per heavy atom. The van der Waals surface area contributed by atoms with E-state index in [9.17, 15) is 0 Å². The topological polar surface area (TPSA) is 30.5 Å². The molecule has 0 aliphatic rings. The molecular formula is C26H30ClNO2. The van der Waals surface area contributed by atoms with Crippen molar-refractivity contribution in [2.45, 2.75) is 45.9 Å². The number of aryl methyl sites for hydroxylation is 1. The Bertz CT molecular complexity index is 897. The van der Waals surface area contributed by atoms with Crippen LogP contribution in [-0.4, -0.2) is 12.6 Å². The van der Waals surface area contributed by atoms with Crippen LogP contribution in [0.3, 0.4) is 0 Å². The highest BCUT2D eigenvalue weighted by atomic mass is 35.5. The van der Waals surface area contributed by atoms with Crippen molar-refractivity contribution in [1.29, 1.82) is 0 Å². The van der Waals surface area contributed by atoms with Gasteiger partial charge in [0.1, 0.15) is 6.61 Å². The lowest BCUT2D eigenvalue weighted by atomic mass is 10.1. The lowest BCUT2D eigenvalue weighted by molar-refractivity contribution is 0.269. The van der Waals surface area contributed by atoms with E-state index in [4.69, 9.17) is 21.1 Å². The molecule has 1 atom stereocenters. The number of nitrogens with one attached hydrogen (secondary N) is 1. The standard InChI is InChI=1S/C26H30ClNO2/c1-3-29-26-17-23(18-28-20(2)9-10-21-7-5-4-6-8-21)13-16-25(26)30-19-22-11-14-24(27)15-12-22/h4-8,11-17,20,28H,3,9-10,18-19H2,1-2H3/t20-/m0/s1. The first-order valence-corrected chi connectivity index (χ1v) is 10.9. The van der Waals surface area contributed by atoms with E-state index in [1.807, 2.05) is 37.3 Å². The normalized spacial score (nSPS) is 11.8. The van der Waals surface area contributed by atoms with E-state index >= 15 is 0 Å². The molecule has 0 amide bonds. The summed E-state index contributed by atoms with van der Waals surface area (Å²) in [5, 5.41) is 4.34. The molecule has 0 radical (unpaired) electrons. The third kappa shape index (κ3) is 7.08. The lowest BCUT2D eigenvalue weighted by Crippen LogP contribution is -2.26. The average molecular weight is 424 g/mol. The minimum absolute atomic E-state index is 0.432. The van der Waals surface area contributed by atoms with Crippen LogP contribution in [0.5, 0.6) is 11.5 Å². The van der Waals surface area contributed by atoms with Gasteiger partial charge in [-0.05, 0) is 67.6 Å². The van der Waals surface area contributed by atoms with Gasteiger partial charge in [-0.25, -0.2) is 0 Å². The van der Waals surface area contributed by atoms with E-state index < -0.39 is 0 Å². The molecule has 1 N–H and O–H groups in total. The predicted octanol–water partition coefficient (Wildman–Crippen LogP) is 6.43. The zero-order valence-electron chi connectivity index (χ0n) is 17.7. The summed E-state index contributed by atoms with van der Waals surface area (Å²) in [5.41, 5.74) is 3.63. The Kier molecular flexibility index (Phi) is 8.61. The summed E-state index contributed by atoms with van der Waals surface area (Å²) >= 11 is 5.95. The highest BCUT2D eigenvalue weighted by Crippen LogP contribution is 2.29. The van der Waals surface area contributed by atoms with Crippen molar-refractivity contribution in [3.8, 4) is 11.5 Å². The highest BCUT2D eigenvalue weighted by molar-refractivity contribution is 6.30. The van der Waals surface area contributed by atoms with Crippen LogP contribution >= 0.6 is 11.6 Å². The molecular weight excluding hydrogens is 394 g/mol. The van der Waals surface area contributed by atoms with E-state index in [1.54, 1.807) is 0 Å². The van der Waals surface area contributed by atoms with Crippen molar-refractivity contribution in [3.63, 3.8) is 0 Å². The Morgan fingerprint density at radius 3 is 2.30 bits per heavy atom. The van der Waals surface area contributed by atoms with Crippen LogP contribution in [-0.2, 0) is 19.6 Å². The molecule has 0 fully saturated rings. The second kappa shape index (κ2) is 11.6. The number of ether oxygens (including phenoxy) is 2. The van der Waals surface area contributed by atoms with Crippen molar-refractivity contribution >= 4 is 11.6 Å². The molecule has 0 aromatic heterocycles. The SMILES string of the molecule is CCOc1cc(CN[C@@H](C)CCc2ccccc2)ccc1OCc1ccc(Cl)cc1. The Balaban J connectivity index is 1.53. The first-order chi connectivity index (χ1) is 14.6. The highest BCUT2D eigenvalue weighted by Gasteiger charge is 2.09. The lowest BCUT2D eigenvalue weighted by Gasteiger charge is -2.16. The molecule has 0 unspecified atom stereocenters. The maximum Gasteiger partial charge on any atom is 0.161 e. The summed E-state index contributed by atoms with van der Waals surface area (Å²) < 4.78 is 11.8. The van der Waals surface area contributed by atoms with Gasteiger partial charge in [-0.1, -0.05) is 60.1 Å². The summed E-state index contributed by atoms with van der Waals surface area (Å²) in [7, 11) is 0. The van der Waals surface area contributed by atoms with Crippen LogP contribution in [0.2, 0.25) is 5.02 Å². The summed E-state index contributed by atoms with van der Waals surface area (Å²) in [6.45, 7) is 6.09. The predicted molar refractivity (Wildman–Crippen MR) is 124 cm³/mol. The van der Waals surface area contributed by atoms with Gasteiger partial charge in [0.15, 0.2) is 11.5 Å². The third-order valence-corrected chi connectivity index (χ3v) is 5.23. The molecule has 0 saturated heterocycles. The molecule has 0 bridgehead atoms. The summed E-state index contributed by atoms with van der Waals surface area (Å²) in [6.07, 6.45) is 2.18. The molecule has 30 heavy (non-hydrogen) atoms. The summed E-state index contributed by atoms with van der Waals surface area (Å²) in [6, 6.07) is 24.9. The van der Waals surface area contributed by atoms with Crippen LogP contribution in [0, 0.1) is 0 Å². The fourth-order valence-corrected chi connectivity index (χ4v) is 3.34. The number of hydrogen-bond donors (Lipinski definition) is 1. The smallest absolute Gasteiger partial charge is 0.161 e. The zero-order chi connectivity index (χ0) is 21.2. The van der Waals surface area contributed by atoms with Crippen molar-refractivity contribution in [2.24, 2.45) is 0 Å². The maximum atomic E-state index is 6.00. The van der Waals surface area contributed by atoms with Gasteiger partial charge in [0.05, 0.1) is 6.61 Å². The molecule has 0 aliphatic carbocycles. The summed E-state index contributed by atoms with van der Waals surface area (Å²) in [5.74, 6) is 1.54. The van der Waals surface area contributed by atoms with Crippen molar-refractivity contribution in [1.82, 2.24) is 5.32 Å². The monoisotopic (exact) mass is 423 g/mol. The second-order valence-electron chi connectivity index (χ2n) is 7.44. The van der Waals surface area contributed by atoms with Crippen LogP contribution in [0.1, 0.15) is 37.0 Å². The van der Waals surface area contributed by atoms with E-state index in [1.165, 1.54) is 11.1 Å². The Labute approximate surface area is 185 Å². The van der Waals surface area contributed by atoms with E-state index in [0.29, 0.717) is 19.3 Å². The fraction of sp³-hybridized carbons (Fsp3) is 0.308. The van der Waals surface area contributed by atoms with Gasteiger partial charge in [-0.3, -0.25) is 0 Å². The number of halogens is 1. The molecule has 3 rings (SSSR count). The quantitative estimate of drug-likeness (QED) is 0.385. The van der Waals surface area contributed by atoms with Crippen molar-refractivity contribution < 1.29 is 9.47 Å². The van der Waals surface area contributed by atoms with Gasteiger partial charge in [-0.2, -0.15) is 0 Å². The minimum Gasteiger partial charge on any atom is -0.490 e. The van der Waals surface area contributed by atoms with Crippen LogP contribution in [0.4, 0.5) is 0 Å². The average Bonchev–Trinajstić information content (AvgIpc) is 2.77. The maximum absolute atomic E-state index is 6.00. The van der Waals surface area contributed by atoms with E-state index in [-0.39, 0.29) is 0 Å².